The van der Waals surface area contributed by atoms with Crippen LogP contribution in [0.3, 0.4) is 0 Å². The molecule has 0 radical (unpaired) electrons. The lowest BCUT2D eigenvalue weighted by Crippen LogP contribution is -2.21. The van der Waals surface area contributed by atoms with Gasteiger partial charge in [0.2, 0.25) is 5.91 Å². The van der Waals surface area contributed by atoms with Gasteiger partial charge in [-0.3, -0.25) is 9.69 Å². The van der Waals surface area contributed by atoms with Gasteiger partial charge in [0, 0.05) is 18.8 Å². The zero-order valence-corrected chi connectivity index (χ0v) is 11.4. The molecule has 0 aliphatic rings. The molecule has 0 bridgehead atoms. The fourth-order valence-electron chi connectivity index (χ4n) is 1.83. The maximum absolute atomic E-state index is 11.6. The van der Waals surface area contributed by atoms with E-state index in [0.717, 1.165) is 12.1 Å². The third kappa shape index (κ3) is 5.17. The van der Waals surface area contributed by atoms with Crippen LogP contribution in [0.4, 0.5) is 5.69 Å². The topological polar surface area (TPSA) is 20.3 Å². The van der Waals surface area contributed by atoms with Crippen LogP contribution in [0.15, 0.2) is 42.6 Å². The molecule has 1 amide bonds. The SMILES string of the molecule is CCCCCC/C=C/N(C(C)=O)c1ccccc1. The zero-order valence-electron chi connectivity index (χ0n) is 11.4. The van der Waals surface area contributed by atoms with E-state index in [4.69, 9.17) is 0 Å². The van der Waals surface area contributed by atoms with Gasteiger partial charge in [-0.15, -0.1) is 0 Å². The van der Waals surface area contributed by atoms with Crippen LogP contribution < -0.4 is 4.90 Å². The highest BCUT2D eigenvalue weighted by Crippen LogP contribution is 2.14. The first-order valence-electron chi connectivity index (χ1n) is 6.77. The lowest BCUT2D eigenvalue weighted by Gasteiger charge is -2.16. The number of hydrogen-bond donors (Lipinski definition) is 0. The minimum atomic E-state index is 0.0472. The Balaban J connectivity index is 2.49. The van der Waals surface area contributed by atoms with Gasteiger partial charge in [-0.1, -0.05) is 50.5 Å². The molecule has 2 heteroatoms. The molecule has 1 aromatic rings. The average Bonchev–Trinajstić information content (AvgIpc) is 2.38. The van der Waals surface area contributed by atoms with Crippen molar-refractivity contribution in [2.45, 2.75) is 46.0 Å². The van der Waals surface area contributed by atoms with Gasteiger partial charge in [-0.25, -0.2) is 0 Å². The molecule has 0 N–H and O–H groups in total. The van der Waals surface area contributed by atoms with Gasteiger partial charge in [-0.05, 0) is 25.0 Å². The van der Waals surface area contributed by atoms with E-state index in [9.17, 15) is 4.79 Å². The van der Waals surface area contributed by atoms with E-state index >= 15 is 0 Å². The summed E-state index contributed by atoms with van der Waals surface area (Å²) in [6, 6.07) is 9.74. The Labute approximate surface area is 110 Å². The van der Waals surface area contributed by atoms with Gasteiger partial charge in [0.15, 0.2) is 0 Å². The normalized spacial score (nSPS) is 10.8. The number of unbranched alkanes of at least 4 members (excludes halogenated alkanes) is 4. The molecule has 0 atom stereocenters. The summed E-state index contributed by atoms with van der Waals surface area (Å²) in [5.41, 5.74) is 0.926. The highest BCUT2D eigenvalue weighted by molar-refractivity contribution is 5.93. The lowest BCUT2D eigenvalue weighted by atomic mass is 10.1. The van der Waals surface area contributed by atoms with Crippen molar-refractivity contribution in [2.24, 2.45) is 0 Å². The number of amides is 1. The van der Waals surface area contributed by atoms with Gasteiger partial charge < -0.3 is 0 Å². The van der Waals surface area contributed by atoms with Crippen LogP contribution in [-0.2, 0) is 4.79 Å². The molecular weight excluding hydrogens is 222 g/mol. The van der Waals surface area contributed by atoms with Crippen molar-refractivity contribution in [3.63, 3.8) is 0 Å². The van der Waals surface area contributed by atoms with Gasteiger partial charge in [0.1, 0.15) is 0 Å². The molecule has 2 nitrogen and oxygen atoms in total. The number of anilines is 1. The van der Waals surface area contributed by atoms with Crippen LogP contribution in [0.5, 0.6) is 0 Å². The molecule has 0 aromatic heterocycles. The monoisotopic (exact) mass is 245 g/mol. The predicted molar refractivity (Wildman–Crippen MR) is 77.5 cm³/mol. The van der Waals surface area contributed by atoms with Crippen LogP contribution >= 0.6 is 0 Å². The second kappa shape index (κ2) is 8.51. The van der Waals surface area contributed by atoms with Crippen molar-refractivity contribution >= 4 is 11.6 Å². The maximum atomic E-state index is 11.6. The first-order valence-corrected chi connectivity index (χ1v) is 6.77. The fourth-order valence-corrected chi connectivity index (χ4v) is 1.83. The minimum absolute atomic E-state index is 0.0472. The van der Waals surface area contributed by atoms with Crippen LogP contribution in [-0.4, -0.2) is 5.91 Å². The van der Waals surface area contributed by atoms with E-state index in [1.54, 1.807) is 11.8 Å². The smallest absolute Gasteiger partial charge is 0.227 e. The van der Waals surface area contributed by atoms with Crippen LogP contribution in [0, 0.1) is 0 Å². The quantitative estimate of drug-likeness (QED) is 0.647. The van der Waals surface area contributed by atoms with Gasteiger partial charge in [0.05, 0.1) is 0 Å². The van der Waals surface area contributed by atoms with Crippen LogP contribution in [0.1, 0.15) is 46.0 Å². The standard InChI is InChI=1S/C16H23NO/c1-3-4-5-6-7-11-14-17(15(2)18)16-12-9-8-10-13-16/h8-14H,3-7H2,1-2H3/b14-11+. The summed E-state index contributed by atoms with van der Waals surface area (Å²) < 4.78 is 0. The zero-order chi connectivity index (χ0) is 13.2. The van der Waals surface area contributed by atoms with E-state index in [1.807, 2.05) is 36.5 Å². The number of nitrogens with zero attached hydrogens (tertiary/aromatic N) is 1. The third-order valence-electron chi connectivity index (χ3n) is 2.85. The highest BCUT2D eigenvalue weighted by atomic mass is 16.2. The number of carbonyl (C=O) groups excluding carboxylic acids is 1. The van der Waals surface area contributed by atoms with E-state index in [-0.39, 0.29) is 5.91 Å². The fraction of sp³-hybridized carbons (Fsp3) is 0.438. The average molecular weight is 245 g/mol. The van der Waals surface area contributed by atoms with Crippen molar-refractivity contribution in [1.82, 2.24) is 0 Å². The minimum Gasteiger partial charge on any atom is -0.288 e. The Morgan fingerprint density at radius 1 is 1.17 bits per heavy atom. The lowest BCUT2D eigenvalue weighted by molar-refractivity contribution is -0.116. The Morgan fingerprint density at radius 2 is 1.89 bits per heavy atom. The summed E-state index contributed by atoms with van der Waals surface area (Å²) >= 11 is 0. The number of allylic oxidation sites excluding steroid dienone is 1. The number of para-hydroxylation sites is 1. The van der Waals surface area contributed by atoms with Crippen molar-refractivity contribution in [3.05, 3.63) is 42.6 Å². The Morgan fingerprint density at radius 3 is 2.50 bits per heavy atom. The van der Waals surface area contributed by atoms with Crippen LogP contribution in [0.2, 0.25) is 0 Å². The van der Waals surface area contributed by atoms with Crippen molar-refractivity contribution < 1.29 is 4.79 Å². The van der Waals surface area contributed by atoms with E-state index in [2.05, 4.69) is 13.0 Å². The van der Waals surface area contributed by atoms with E-state index in [0.29, 0.717) is 0 Å². The Kier molecular flexibility index (Phi) is 6.85. The third-order valence-corrected chi connectivity index (χ3v) is 2.85. The maximum Gasteiger partial charge on any atom is 0.227 e. The summed E-state index contributed by atoms with van der Waals surface area (Å²) in [5, 5.41) is 0. The predicted octanol–water partition coefficient (Wildman–Crippen LogP) is 4.52. The van der Waals surface area contributed by atoms with Crippen molar-refractivity contribution in [1.29, 1.82) is 0 Å². The van der Waals surface area contributed by atoms with E-state index < -0.39 is 0 Å². The van der Waals surface area contributed by atoms with Gasteiger partial charge in [-0.2, -0.15) is 0 Å². The number of benzene rings is 1. The first kappa shape index (κ1) is 14.5. The molecule has 0 heterocycles. The Hall–Kier alpha value is -1.57. The largest absolute Gasteiger partial charge is 0.288 e. The summed E-state index contributed by atoms with van der Waals surface area (Å²) in [7, 11) is 0. The molecule has 0 aliphatic carbocycles. The molecule has 0 aliphatic heterocycles. The second-order valence-electron chi connectivity index (χ2n) is 4.46. The number of carbonyl (C=O) groups is 1. The molecule has 0 fully saturated rings. The molecule has 98 valence electrons. The summed E-state index contributed by atoms with van der Waals surface area (Å²) in [4.78, 5) is 13.3. The Bertz CT molecular complexity index is 370. The second-order valence-corrected chi connectivity index (χ2v) is 4.46. The molecule has 0 spiro atoms. The van der Waals surface area contributed by atoms with E-state index in [1.165, 1.54) is 25.7 Å². The molecule has 1 rings (SSSR count). The molecule has 0 saturated heterocycles. The summed E-state index contributed by atoms with van der Waals surface area (Å²) in [6.07, 6.45) is 10.0. The molecular formula is C16H23NO. The van der Waals surface area contributed by atoms with Crippen LogP contribution in [0.25, 0.3) is 0 Å². The van der Waals surface area contributed by atoms with Gasteiger partial charge in [0.25, 0.3) is 0 Å². The van der Waals surface area contributed by atoms with Gasteiger partial charge >= 0.3 is 0 Å². The molecule has 18 heavy (non-hydrogen) atoms. The summed E-state index contributed by atoms with van der Waals surface area (Å²) in [6.45, 7) is 3.80. The highest BCUT2D eigenvalue weighted by Gasteiger charge is 2.06. The number of hydrogen-bond acceptors (Lipinski definition) is 1. The number of rotatable bonds is 7. The van der Waals surface area contributed by atoms with Crippen molar-refractivity contribution in [3.8, 4) is 0 Å². The molecule has 0 saturated carbocycles. The van der Waals surface area contributed by atoms with Crippen molar-refractivity contribution in [2.75, 3.05) is 4.90 Å². The molecule has 1 aromatic carbocycles. The first-order chi connectivity index (χ1) is 8.75. The molecule has 0 unspecified atom stereocenters. The summed E-state index contributed by atoms with van der Waals surface area (Å²) in [5.74, 6) is 0.0472.